The van der Waals surface area contributed by atoms with E-state index in [-0.39, 0.29) is 0 Å². The Morgan fingerprint density at radius 1 is 1.40 bits per heavy atom. The molecule has 0 aliphatic carbocycles. The van der Waals surface area contributed by atoms with E-state index in [1.165, 1.54) is 0 Å². The average molecular weight is 306 g/mol. The molecule has 0 spiro atoms. The van der Waals surface area contributed by atoms with Crippen LogP contribution in [0.25, 0.3) is 0 Å². The third kappa shape index (κ3) is 4.48. The van der Waals surface area contributed by atoms with E-state index >= 15 is 0 Å². The zero-order valence-electron chi connectivity index (χ0n) is 7.75. The first kappa shape index (κ1) is 13.6. The molecule has 1 unspecified atom stereocenters. The van der Waals surface area contributed by atoms with Crippen LogP contribution in [0.4, 0.5) is 0 Å². The maximum Gasteiger partial charge on any atom is 0.332 e. The van der Waals surface area contributed by atoms with Gasteiger partial charge in [-0.05, 0) is 48.2 Å². The second-order valence-electron chi connectivity index (χ2n) is 2.51. The summed E-state index contributed by atoms with van der Waals surface area (Å²) in [5, 5.41) is 0.878. The molecule has 84 valence electrons. The van der Waals surface area contributed by atoms with E-state index in [4.69, 9.17) is 55.3 Å². The van der Waals surface area contributed by atoms with E-state index in [0.717, 1.165) is 0 Å². The van der Waals surface area contributed by atoms with Crippen LogP contribution in [0.3, 0.4) is 0 Å². The minimum Gasteiger partial charge on any atom is -0.431 e. The molecular formula is C8H8Cl3O2PS. The molecule has 1 aromatic carbocycles. The van der Waals surface area contributed by atoms with Crippen molar-refractivity contribution in [3.05, 3.63) is 28.2 Å². The Balaban J connectivity index is 2.85. The van der Waals surface area contributed by atoms with Crippen molar-refractivity contribution in [2.24, 2.45) is 0 Å². The van der Waals surface area contributed by atoms with Crippen LogP contribution in [-0.4, -0.2) is 6.61 Å². The topological polar surface area (TPSA) is 18.5 Å². The lowest BCUT2D eigenvalue weighted by molar-refractivity contribution is 0.343. The van der Waals surface area contributed by atoms with Crippen molar-refractivity contribution in [3.63, 3.8) is 0 Å². The van der Waals surface area contributed by atoms with Crippen molar-refractivity contribution in [2.75, 3.05) is 6.61 Å². The summed E-state index contributed by atoms with van der Waals surface area (Å²) in [4.78, 5) is 0. The lowest BCUT2D eigenvalue weighted by Crippen LogP contribution is -1.92. The largest absolute Gasteiger partial charge is 0.431 e. The van der Waals surface area contributed by atoms with Gasteiger partial charge in [-0.3, -0.25) is 0 Å². The quantitative estimate of drug-likeness (QED) is 0.739. The highest BCUT2D eigenvalue weighted by molar-refractivity contribution is 8.22. The minimum absolute atomic E-state index is 0.358. The highest BCUT2D eigenvalue weighted by Crippen LogP contribution is 2.54. The van der Waals surface area contributed by atoms with Gasteiger partial charge >= 0.3 is 5.84 Å². The van der Waals surface area contributed by atoms with Crippen molar-refractivity contribution in [3.8, 4) is 5.75 Å². The summed E-state index contributed by atoms with van der Waals surface area (Å²) in [6.07, 6.45) is 0. The molecule has 0 aliphatic rings. The van der Waals surface area contributed by atoms with Crippen LogP contribution in [-0.2, 0) is 16.3 Å². The third-order valence-electron chi connectivity index (χ3n) is 1.38. The summed E-state index contributed by atoms with van der Waals surface area (Å²) >= 11 is 22.4. The Bertz CT molecular complexity index is 399. The fraction of sp³-hybridized carbons (Fsp3) is 0.250. The SMILES string of the molecule is CCOP(=S)(Cl)Oc1ccc(Cl)cc1Cl. The number of hydrogen-bond acceptors (Lipinski definition) is 3. The zero-order valence-corrected chi connectivity index (χ0v) is 11.7. The summed E-state index contributed by atoms with van der Waals surface area (Å²) in [5.41, 5.74) is 0. The van der Waals surface area contributed by atoms with Gasteiger partial charge in [0.15, 0.2) is 0 Å². The first-order valence-corrected chi connectivity index (χ1v) is 8.33. The van der Waals surface area contributed by atoms with E-state index in [1.54, 1.807) is 25.1 Å². The molecule has 15 heavy (non-hydrogen) atoms. The summed E-state index contributed by atoms with van der Waals surface area (Å²) in [7, 11) is 0. The molecule has 0 heterocycles. The number of hydrogen-bond donors (Lipinski definition) is 0. The minimum atomic E-state index is -2.78. The highest BCUT2D eigenvalue weighted by Gasteiger charge is 2.17. The molecule has 0 amide bonds. The number of rotatable bonds is 4. The summed E-state index contributed by atoms with van der Waals surface area (Å²) in [6.45, 7) is 2.18. The van der Waals surface area contributed by atoms with Gasteiger partial charge in [0.2, 0.25) is 0 Å². The Hall–Kier alpha value is 0.500. The molecular weight excluding hydrogens is 297 g/mol. The van der Waals surface area contributed by atoms with Crippen LogP contribution in [0, 0.1) is 0 Å². The van der Waals surface area contributed by atoms with Crippen LogP contribution in [0.2, 0.25) is 10.0 Å². The highest BCUT2D eigenvalue weighted by atomic mass is 35.7. The van der Waals surface area contributed by atoms with Crippen molar-refractivity contribution >= 4 is 52.1 Å². The number of benzene rings is 1. The molecule has 1 aromatic rings. The summed E-state index contributed by atoms with van der Waals surface area (Å²) in [6, 6.07) is 4.80. The van der Waals surface area contributed by atoms with Gasteiger partial charge in [-0.15, -0.1) is 0 Å². The zero-order chi connectivity index (χ0) is 11.5. The van der Waals surface area contributed by atoms with Gasteiger partial charge in [0.1, 0.15) is 5.75 Å². The van der Waals surface area contributed by atoms with Crippen LogP contribution < -0.4 is 4.52 Å². The number of halogens is 3. The van der Waals surface area contributed by atoms with E-state index in [1.807, 2.05) is 0 Å². The Labute approximate surface area is 108 Å². The second-order valence-corrected chi connectivity index (χ2v) is 8.04. The van der Waals surface area contributed by atoms with Crippen molar-refractivity contribution in [1.82, 2.24) is 0 Å². The normalized spacial score (nSPS) is 14.7. The second kappa shape index (κ2) is 5.72. The van der Waals surface area contributed by atoms with Gasteiger partial charge in [0.05, 0.1) is 11.6 Å². The van der Waals surface area contributed by atoms with Crippen LogP contribution in [0.1, 0.15) is 6.92 Å². The van der Waals surface area contributed by atoms with Crippen molar-refractivity contribution in [1.29, 1.82) is 0 Å². The van der Waals surface area contributed by atoms with E-state index in [9.17, 15) is 0 Å². The van der Waals surface area contributed by atoms with Crippen molar-refractivity contribution in [2.45, 2.75) is 6.92 Å². The lowest BCUT2D eigenvalue weighted by atomic mass is 10.3. The monoisotopic (exact) mass is 304 g/mol. The van der Waals surface area contributed by atoms with Crippen LogP contribution >= 0.6 is 40.3 Å². The van der Waals surface area contributed by atoms with Gasteiger partial charge in [0, 0.05) is 5.02 Å². The predicted molar refractivity (Wildman–Crippen MR) is 68.9 cm³/mol. The maximum atomic E-state index is 5.88. The molecule has 0 saturated heterocycles. The van der Waals surface area contributed by atoms with E-state index < -0.39 is 5.84 Å². The van der Waals surface area contributed by atoms with Crippen LogP contribution in [0.5, 0.6) is 5.75 Å². The standard InChI is InChI=1S/C8H8Cl3O2PS/c1-2-12-14(11,15)13-8-4-3-6(9)5-7(8)10/h3-5H,2H2,1H3. The fourth-order valence-corrected chi connectivity index (χ4v) is 3.18. The van der Waals surface area contributed by atoms with Gasteiger partial charge in [-0.1, -0.05) is 23.2 Å². The molecule has 1 rings (SSSR count). The molecule has 2 nitrogen and oxygen atoms in total. The molecule has 7 heteroatoms. The molecule has 0 N–H and O–H groups in total. The third-order valence-corrected chi connectivity index (χ3v) is 3.94. The molecule has 0 saturated carbocycles. The molecule has 0 radical (unpaired) electrons. The fourth-order valence-electron chi connectivity index (χ4n) is 0.847. The maximum absolute atomic E-state index is 5.88. The van der Waals surface area contributed by atoms with Gasteiger partial charge in [-0.2, -0.15) is 0 Å². The Morgan fingerprint density at radius 2 is 2.07 bits per heavy atom. The van der Waals surface area contributed by atoms with E-state index in [2.05, 4.69) is 0 Å². The van der Waals surface area contributed by atoms with Gasteiger partial charge in [-0.25, -0.2) is 0 Å². The summed E-state index contributed by atoms with van der Waals surface area (Å²) in [5.74, 6) is -2.40. The average Bonchev–Trinajstić information content (AvgIpc) is 2.09. The van der Waals surface area contributed by atoms with E-state index in [0.29, 0.717) is 22.4 Å². The summed E-state index contributed by atoms with van der Waals surface area (Å²) < 4.78 is 10.4. The lowest BCUT2D eigenvalue weighted by Gasteiger charge is -2.16. The van der Waals surface area contributed by atoms with Crippen LogP contribution in [0.15, 0.2) is 18.2 Å². The molecule has 0 aliphatic heterocycles. The molecule has 1 atom stereocenters. The van der Waals surface area contributed by atoms with Crippen molar-refractivity contribution < 1.29 is 9.05 Å². The molecule has 0 fully saturated rings. The predicted octanol–water partition coefficient (Wildman–Crippen LogP) is 4.87. The molecule has 0 aromatic heterocycles. The first-order valence-electron chi connectivity index (χ1n) is 4.03. The Kier molecular flexibility index (Phi) is 5.17. The molecule has 0 bridgehead atoms. The van der Waals surface area contributed by atoms with Gasteiger partial charge < -0.3 is 9.05 Å². The Morgan fingerprint density at radius 3 is 2.60 bits per heavy atom. The first-order chi connectivity index (χ1) is 6.94. The smallest absolute Gasteiger partial charge is 0.332 e. The van der Waals surface area contributed by atoms with Gasteiger partial charge in [0.25, 0.3) is 0 Å².